The maximum atomic E-state index is 10.9. The molecule has 7 aromatic rings. The van der Waals surface area contributed by atoms with Crippen LogP contribution in [0.2, 0.25) is 0 Å². The van der Waals surface area contributed by atoms with E-state index in [1.165, 1.54) is 30.6 Å². The number of nitrogens with two attached hydrogens (primary N) is 2. The molecule has 0 saturated carbocycles. The molecule has 0 saturated heterocycles. The first-order chi connectivity index (χ1) is 32.0. The molecule has 71 heavy (non-hydrogen) atoms. The molecule has 370 valence electrons. The van der Waals surface area contributed by atoms with Gasteiger partial charge in [0.1, 0.15) is 58.3 Å². The maximum absolute atomic E-state index is 10.9. The molecular formula is C51H60N9NaO10. The Labute approximate surface area is 435 Å². The molecule has 3 aromatic heterocycles. The number of nitrogens with zero attached hydrogens (tertiary/aromatic N) is 7. The Morgan fingerprint density at radius 3 is 1.55 bits per heavy atom. The first-order valence-electron chi connectivity index (χ1n) is 21.3. The summed E-state index contributed by atoms with van der Waals surface area (Å²) in [6.07, 6.45) is 1.24. The van der Waals surface area contributed by atoms with Gasteiger partial charge in [0.25, 0.3) is 17.2 Å². The summed E-state index contributed by atoms with van der Waals surface area (Å²) in [5.41, 5.74) is 18.4. The van der Waals surface area contributed by atoms with E-state index in [2.05, 4.69) is 14.8 Å². The van der Waals surface area contributed by atoms with Crippen molar-refractivity contribution in [3.63, 3.8) is 0 Å². The Balaban J connectivity index is 0.000000305. The number of hydrogen-bond donors (Lipinski definition) is 3. The van der Waals surface area contributed by atoms with Gasteiger partial charge in [-0.05, 0) is 95.3 Å². The molecule has 0 bridgehead atoms. The van der Waals surface area contributed by atoms with Gasteiger partial charge in [-0.15, -0.1) is 5.60 Å². The van der Waals surface area contributed by atoms with E-state index in [1.807, 2.05) is 42.7 Å². The molecule has 5 heterocycles. The molecule has 4 aromatic carbocycles. The Kier molecular flexibility index (Phi) is 20.0. The Hall–Kier alpha value is -6.89. The normalized spacial score (nSPS) is 14.1. The quantitative estimate of drug-likeness (QED) is 0.0559. The fourth-order valence-corrected chi connectivity index (χ4v) is 7.18. The van der Waals surface area contributed by atoms with Crippen LogP contribution in [0.4, 0.5) is 28.7 Å². The largest absolute Gasteiger partial charge is 1.00 e. The topological polar surface area (TPSA) is 259 Å². The summed E-state index contributed by atoms with van der Waals surface area (Å²) in [6.45, 7) is 22.4. The molecule has 2 aliphatic heterocycles. The fraction of sp³-hybridized carbons (Fsp3) is 0.314. The number of nitro benzene ring substituents is 2. The Morgan fingerprint density at radius 2 is 1.13 bits per heavy atom. The molecule has 9 rings (SSSR count). The number of benzene rings is 4. The molecule has 2 unspecified atom stereocenters. The van der Waals surface area contributed by atoms with Gasteiger partial charge in [-0.2, -0.15) is 0 Å². The standard InChI is InChI=1S/C21H17N5O4.C20H16N4O4.C4H10O.C4H9O.2CH4.Na/c1-12-18-17(10-29-12)25(20-19(18)23-11-24-21(20)22)13-5-7-15(8-6-13)30-16-4-2-3-14(9-16)26(27)28;1-12-18-17(11-27-12)23(20(22-2)19(18)21)13-6-8-15(9-7-13)28-16-5-3-4-14(10-16)24(25)26;2*1-4(2,3)5;;;/h2-9,11-12H,10H2,1H3,(H2,22,23,24);3-10,12H,11,21H2,1H3;5H,1-3H3;1-3H3;2*1H4;/q;;;-1;;;+1. The van der Waals surface area contributed by atoms with E-state index in [0.29, 0.717) is 53.5 Å². The zero-order chi connectivity index (χ0) is 49.7. The van der Waals surface area contributed by atoms with E-state index in [9.17, 15) is 25.3 Å². The predicted molar refractivity (Wildman–Crippen MR) is 268 cm³/mol. The number of nitrogen functional groups attached to an aromatic ring is 2. The first kappa shape index (κ1) is 58.4. The van der Waals surface area contributed by atoms with Crippen LogP contribution in [0.3, 0.4) is 0 Å². The Morgan fingerprint density at radius 1 is 0.718 bits per heavy atom. The monoisotopic (exact) mass is 981 g/mol. The van der Waals surface area contributed by atoms with E-state index < -0.39 is 21.0 Å². The summed E-state index contributed by atoms with van der Waals surface area (Å²) in [4.78, 5) is 33.1. The number of ether oxygens (including phenoxy) is 4. The van der Waals surface area contributed by atoms with Crippen molar-refractivity contribution in [2.75, 3.05) is 11.5 Å². The summed E-state index contributed by atoms with van der Waals surface area (Å²) in [6, 6.07) is 26.5. The summed E-state index contributed by atoms with van der Waals surface area (Å²) >= 11 is 0. The van der Waals surface area contributed by atoms with Gasteiger partial charge in [-0.3, -0.25) is 24.8 Å². The summed E-state index contributed by atoms with van der Waals surface area (Å²) in [7, 11) is 0. The van der Waals surface area contributed by atoms with Crippen LogP contribution in [-0.4, -0.2) is 45.3 Å². The number of aromatic nitrogens is 4. The number of aliphatic hydroxyl groups is 1. The van der Waals surface area contributed by atoms with Crippen LogP contribution in [0.5, 0.6) is 23.0 Å². The molecule has 20 heteroatoms. The number of hydrogen-bond acceptors (Lipinski definition) is 14. The molecule has 19 nitrogen and oxygen atoms in total. The summed E-state index contributed by atoms with van der Waals surface area (Å²) in [5.74, 6) is 2.61. The molecule has 0 fully saturated rings. The van der Waals surface area contributed by atoms with E-state index >= 15 is 0 Å². The van der Waals surface area contributed by atoms with Gasteiger partial charge < -0.3 is 50.0 Å². The smallest absolute Gasteiger partial charge is 0.850 e. The van der Waals surface area contributed by atoms with E-state index in [1.54, 1.807) is 94.6 Å². The van der Waals surface area contributed by atoms with Crippen molar-refractivity contribution in [3.8, 4) is 34.4 Å². The van der Waals surface area contributed by atoms with Crippen molar-refractivity contribution in [2.24, 2.45) is 0 Å². The van der Waals surface area contributed by atoms with Crippen molar-refractivity contribution >= 4 is 39.7 Å². The van der Waals surface area contributed by atoms with E-state index in [0.717, 1.165) is 44.9 Å². The van der Waals surface area contributed by atoms with E-state index in [-0.39, 0.29) is 68.0 Å². The minimum atomic E-state index is -0.750. The van der Waals surface area contributed by atoms with Gasteiger partial charge in [-0.25, -0.2) is 9.97 Å². The zero-order valence-electron chi connectivity index (χ0n) is 39.8. The number of nitro groups is 2. The third-order valence-corrected chi connectivity index (χ3v) is 9.81. The maximum Gasteiger partial charge on any atom is 1.00 e. The summed E-state index contributed by atoms with van der Waals surface area (Å²) in [5, 5.41) is 40.5. The van der Waals surface area contributed by atoms with Gasteiger partial charge in [-0.1, -0.05) is 54.3 Å². The minimum absolute atomic E-state index is 0. The van der Waals surface area contributed by atoms with Crippen molar-refractivity contribution < 1.29 is 68.6 Å². The van der Waals surface area contributed by atoms with Crippen LogP contribution >= 0.6 is 0 Å². The van der Waals surface area contributed by atoms with Crippen LogP contribution in [0.15, 0.2) is 103 Å². The SMILES string of the molecule is C.C.CC(C)(C)O.CC(C)(C)[O-].CC1OCc2c1c1ncnc(N)c1n2-c1ccc(Oc2cccc([N+](=O)[O-])c2)cc1.[C-]#[N+]c1c(N)c2c(n1-c1ccc(Oc3cccc([N+](=O)[O-])c3)cc1)COC2C.[Na+]. The first-order valence-corrected chi connectivity index (χ1v) is 21.3. The Bertz CT molecular complexity index is 2970. The van der Waals surface area contributed by atoms with Crippen LogP contribution in [0, 0.1) is 26.8 Å². The fourth-order valence-electron chi connectivity index (χ4n) is 7.18. The number of rotatable bonds is 8. The second-order valence-electron chi connectivity index (χ2n) is 17.6. The number of anilines is 2. The average molecular weight is 982 g/mol. The van der Waals surface area contributed by atoms with Gasteiger partial charge in [0.2, 0.25) is 0 Å². The van der Waals surface area contributed by atoms with E-state index in [4.69, 9.17) is 42.1 Å². The van der Waals surface area contributed by atoms with Gasteiger partial charge in [0.05, 0.1) is 57.8 Å². The zero-order valence-corrected chi connectivity index (χ0v) is 41.8. The third-order valence-electron chi connectivity index (χ3n) is 9.81. The average Bonchev–Trinajstić information content (AvgIpc) is 4.01. The van der Waals surface area contributed by atoms with Crippen molar-refractivity contribution in [1.82, 2.24) is 19.1 Å². The van der Waals surface area contributed by atoms with Gasteiger partial charge in [0.15, 0.2) is 5.82 Å². The van der Waals surface area contributed by atoms with Gasteiger partial charge in [0, 0.05) is 28.9 Å². The van der Waals surface area contributed by atoms with Crippen LogP contribution in [-0.2, 0) is 22.7 Å². The van der Waals surface area contributed by atoms with Crippen molar-refractivity contribution in [2.45, 2.75) is 107 Å². The predicted octanol–water partition coefficient (Wildman–Crippen LogP) is 8.39. The molecule has 2 aliphatic rings. The van der Waals surface area contributed by atoms with Crippen molar-refractivity contribution in [1.29, 1.82) is 0 Å². The molecule has 0 spiro atoms. The van der Waals surface area contributed by atoms with Crippen LogP contribution in [0.1, 0.15) is 105 Å². The molecule has 0 aliphatic carbocycles. The molecule has 5 N–H and O–H groups in total. The second kappa shape index (κ2) is 24.3. The van der Waals surface area contributed by atoms with Crippen LogP contribution < -0.4 is 55.6 Å². The molecular weight excluding hydrogens is 922 g/mol. The minimum Gasteiger partial charge on any atom is -0.850 e. The van der Waals surface area contributed by atoms with Gasteiger partial charge >= 0.3 is 29.6 Å². The second-order valence-corrected chi connectivity index (χ2v) is 17.6. The number of non-ortho nitro benzene ring substituents is 2. The van der Waals surface area contributed by atoms with Crippen molar-refractivity contribution in [3.05, 3.63) is 158 Å². The molecule has 2 atom stereocenters. The molecule has 0 radical (unpaired) electrons. The van der Waals surface area contributed by atoms with Crippen LogP contribution in [0.25, 0.3) is 27.3 Å². The number of fused-ring (bicyclic) bond motifs is 4. The third kappa shape index (κ3) is 14.6. The summed E-state index contributed by atoms with van der Waals surface area (Å²) < 4.78 is 26.8. The molecule has 0 amide bonds.